The van der Waals surface area contributed by atoms with Crippen LogP contribution in [0.15, 0.2) is 41.3 Å². The monoisotopic (exact) mass is 269 g/mol. The predicted molar refractivity (Wildman–Crippen MR) is 71.7 cm³/mol. The van der Waals surface area contributed by atoms with Gasteiger partial charge in [-0.15, -0.1) is 0 Å². The Hall–Kier alpha value is -2.96. The van der Waals surface area contributed by atoms with Crippen LogP contribution in [0.2, 0.25) is 0 Å². The zero-order chi connectivity index (χ0) is 13.9. The molecular formula is C13H11N5O2. The zero-order valence-corrected chi connectivity index (χ0v) is 10.6. The summed E-state index contributed by atoms with van der Waals surface area (Å²) in [4.78, 5) is 12.4. The second-order valence-corrected chi connectivity index (χ2v) is 3.97. The number of hydrogen-bond acceptors (Lipinski definition) is 7. The summed E-state index contributed by atoms with van der Waals surface area (Å²) in [5.41, 5.74) is 7.52. The lowest BCUT2D eigenvalue weighted by Crippen LogP contribution is -1.91. The van der Waals surface area contributed by atoms with Gasteiger partial charge < -0.3 is 15.0 Å². The SMILES string of the molecule is COc1cc(N)ccc1-c1nc(-c2cnccn2)no1. The first-order valence-electron chi connectivity index (χ1n) is 5.82. The van der Waals surface area contributed by atoms with Gasteiger partial charge in [0.25, 0.3) is 5.89 Å². The van der Waals surface area contributed by atoms with Crippen molar-refractivity contribution in [2.45, 2.75) is 0 Å². The highest BCUT2D eigenvalue weighted by Crippen LogP contribution is 2.31. The molecule has 0 fully saturated rings. The Bertz CT molecular complexity index is 727. The van der Waals surface area contributed by atoms with Crippen LogP contribution in [0.3, 0.4) is 0 Å². The summed E-state index contributed by atoms with van der Waals surface area (Å²) < 4.78 is 10.5. The van der Waals surface area contributed by atoms with Crippen LogP contribution in [-0.4, -0.2) is 27.2 Å². The van der Waals surface area contributed by atoms with Gasteiger partial charge in [0.2, 0.25) is 5.82 Å². The molecule has 20 heavy (non-hydrogen) atoms. The van der Waals surface area contributed by atoms with Crippen LogP contribution >= 0.6 is 0 Å². The van der Waals surface area contributed by atoms with Crippen molar-refractivity contribution in [3.63, 3.8) is 0 Å². The van der Waals surface area contributed by atoms with Crippen molar-refractivity contribution in [2.75, 3.05) is 12.8 Å². The molecule has 0 saturated heterocycles. The third-order valence-electron chi connectivity index (χ3n) is 2.67. The van der Waals surface area contributed by atoms with Gasteiger partial charge in [0.05, 0.1) is 18.9 Å². The van der Waals surface area contributed by atoms with Crippen molar-refractivity contribution in [1.82, 2.24) is 20.1 Å². The van der Waals surface area contributed by atoms with Crippen molar-refractivity contribution in [2.24, 2.45) is 0 Å². The second kappa shape index (κ2) is 4.96. The van der Waals surface area contributed by atoms with E-state index in [1.165, 1.54) is 0 Å². The maximum absolute atomic E-state index is 5.71. The number of methoxy groups -OCH3 is 1. The molecule has 0 amide bonds. The van der Waals surface area contributed by atoms with Crippen molar-refractivity contribution >= 4 is 5.69 Å². The van der Waals surface area contributed by atoms with E-state index in [1.807, 2.05) is 0 Å². The largest absolute Gasteiger partial charge is 0.496 e. The molecule has 3 rings (SSSR count). The highest BCUT2D eigenvalue weighted by atomic mass is 16.5. The molecule has 3 aromatic rings. The predicted octanol–water partition coefficient (Wildman–Crippen LogP) is 1.78. The molecule has 2 heterocycles. The number of ether oxygens (including phenoxy) is 1. The summed E-state index contributed by atoms with van der Waals surface area (Å²) in [5, 5.41) is 3.89. The van der Waals surface area contributed by atoms with Gasteiger partial charge in [0.1, 0.15) is 11.4 Å². The molecule has 100 valence electrons. The number of hydrogen-bond donors (Lipinski definition) is 1. The first kappa shape index (κ1) is 12.1. The first-order valence-corrected chi connectivity index (χ1v) is 5.82. The number of rotatable bonds is 3. The highest BCUT2D eigenvalue weighted by Gasteiger charge is 2.15. The Labute approximate surface area is 114 Å². The first-order chi connectivity index (χ1) is 9.78. The second-order valence-electron chi connectivity index (χ2n) is 3.97. The van der Waals surface area contributed by atoms with Crippen molar-refractivity contribution in [3.05, 3.63) is 36.8 Å². The number of nitrogens with two attached hydrogens (primary N) is 1. The van der Waals surface area contributed by atoms with E-state index < -0.39 is 0 Å². The van der Waals surface area contributed by atoms with E-state index in [9.17, 15) is 0 Å². The van der Waals surface area contributed by atoms with Crippen molar-refractivity contribution < 1.29 is 9.26 Å². The molecule has 2 N–H and O–H groups in total. The van der Waals surface area contributed by atoms with Crippen LogP contribution in [-0.2, 0) is 0 Å². The lowest BCUT2D eigenvalue weighted by Gasteiger charge is -2.05. The average molecular weight is 269 g/mol. The fraction of sp³-hybridized carbons (Fsp3) is 0.0769. The van der Waals surface area contributed by atoms with Crippen LogP contribution in [0.1, 0.15) is 0 Å². The molecule has 0 spiro atoms. The van der Waals surface area contributed by atoms with Gasteiger partial charge in [0, 0.05) is 24.1 Å². The molecule has 2 aromatic heterocycles. The standard InChI is InChI=1S/C13H11N5O2/c1-19-11-6-8(14)2-3-9(11)13-17-12(18-20-13)10-7-15-4-5-16-10/h2-7H,14H2,1H3. The molecule has 0 bridgehead atoms. The van der Waals surface area contributed by atoms with E-state index in [1.54, 1.807) is 43.9 Å². The van der Waals surface area contributed by atoms with Crippen LogP contribution in [0.4, 0.5) is 5.69 Å². The molecule has 0 aliphatic rings. The number of aromatic nitrogens is 4. The van der Waals surface area contributed by atoms with Crippen LogP contribution in [0.5, 0.6) is 5.75 Å². The summed E-state index contributed by atoms with van der Waals surface area (Å²) in [7, 11) is 1.55. The number of nitrogen functional groups attached to an aromatic ring is 1. The zero-order valence-electron chi connectivity index (χ0n) is 10.6. The summed E-state index contributed by atoms with van der Waals surface area (Å²) >= 11 is 0. The maximum atomic E-state index is 5.71. The average Bonchev–Trinajstić information content (AvgIpc) is 2.97. The summed E-state index contributed by atoms with van der Waals surface area (Å²) in [5.74, 6) is 1.27. The van der Waals surface area contributed by atoms with Gasteiger partial charge in [-0.05, 0) is 12.1 Å². The fourth-order valence-electron chi connectivity index (χ4n) is 1.74. The third kappa shape index (κ3) is 2.16. The molecule has 7 nitrogen and oxygen atoms in total. The summed E-state index contributed by atoms with van der Waals surface area (Å²) in [6.07, 6.45) is 4.71. The molecule has 0 radical (unpaired) electrons. The minimum absolute atomic E-state index is 0.336. The molecular weight excluding hydrogens is 258 g/mol. The molecule has 0 aliphatic carbocycles. The minimum atomic E-state index is 0.336. The van der Waals surface area contributed by atoms with Gasteiger partial charge in [-0.2, -0.15) is 4.98 Å². The van der Waals surface area contributed by atoms with E-state index >= 15 is 0 Å². The number of nitrogens with zero attached hydrogens (tertiary/aromatic N) is 4. The number of benzene rings is 1. The van der Waals surface area contributed by atoms with E-state index in [-0.39, 0.29) is 0 Å². The van der Waals surface area contributed by atoms with Gasteiger partial charge in [-0.1, -0.05) is 5.16 Å². The van der Waals surface area contributed by atoms with Crippen LogP contribution < -0.4 is 10.5 Å². The maximum Gasteiger partial charge on any atom is 0.262 e. The van der Waals surface area contributed by atoms with Gasteiger partial charge >= 0.3 is 0 Å². The Morgan fingerprint density at radius 2 is 2.15 bits per heavy atom. The fourth-order valence-corrected chi connectivity index (χ4v) is 1.74. The van der Waals surface area contributed by atoms with Gasteiger partial charge in [-0.3, -0.25) is 4.98 Å². The minimum Gasteiger partial charge on any atom is -0.496 e. The summed E-state index contributed by atoms with van der Waals surface area (Å²) in [6, 6.07) is 5.20. The normalized spacial score (nSPS) is 10.4. The Morgan fingerprint density at radius 3 is 2.90 bits per heavy atom. The third-order valence-corrected chi connectivity index (χ3v) is 2.67. The molecule has 0 saturated carbocycles. The lowest BCUT2D eigenvalue weighted by atomic mass is 10.2. The van der Waals surface area contributed by atoms with E-state index in [0.717, 1.165) is 0 Å². The Balaban J connectivity index is 2.02. The number of anilines is 1. The van der Waals surface area contributed by atoms with E-state index in [2.05, 4.69) is 20.1 Å². The Morgan fingerprint density at radius 1 is 1.25 bits per heavy atom. The quantitative estimate of drug-likeness (QED) is 0.723. The summed E-state index contributed by atoms with van der Waals surface area (Å²) in [6.45, 7) is 0. The van der Waals surface area contributed by atoms with Gasteiger partial charge in [0.15, 0.2) is 0 Å². The molecule has 1 aromatic carbocycles. The smallest absolute Gasteiger partial charge is 0.262 e. The molecule has 0 atom stereocenters. The molecule has 0 aliphatic heterocycles. The van der Waals surface area contributed by atoms with Crippen LogP contribution in [0.25, 0.3) is 23.0 Å². The van der Waals surface area contributed by atoms with Gasteiger partial charge in [-0.25, -0.2) is 4.98 Å². The van der Waals surface area contributed by atoms with Crippen molar-refractivity contribution in [1.29, 1.82) is 0 Å². The Kier molecular flexibility index (Phi) is 3.00. The topological polar surface area (TPSA) is 100.0 Å². The lowest BCUT2D eigenvalue weighted by molar-refractivity contribution is 0.405. The highest BCUT2D eigenvalue weighted by molar-refractivity contribution is 5.67. The molecule has 7 heteroatoms. The van der Waals surface area contributed by atoms with Crippen molar-refractivity contribution in [3.8, 4) is 28.7 Å². The molecule has 0 unspecified atom stereocenters. The van der Waals surface area contributed by atoms with E-state index in [4.69, 9.17) is 15.0 Å². The van der Waals surface area contributed by atoms with E-state index in [0.29, 0.717) is 34.4 Å². The van der Waals surface area contributed by atoms with Crippen LogP contribution in [0, 0.1) is 0 Å².